The summed E-state index contributed by atoms with van der Waals surface area (Å²) >= 11 is 0. The van der Waals surface area contributed by atoms with E-state index in [4.69, 9.17) is 9.84 Å². The van der Waals surface area contributed by atoms with Gasteiger partial charge in [0.1, 0.15) is 12.1 Å². The van der Waals surface area contributed by atoms with Crippen LogP contribution in [0, 0.1) is 6.92 Å². The highest BCUT2D eigenvalue weighted by molar-refractivity contribution is 5.88. The Kier molecular flexibility index (Phi) is 5.31. The molecule has 0 aromatic carbocycles. The Morgan fingerprint density at radius 1 is 1.56 bits per heavy atom. The van der Waals surface area contributed by atoms with Gasteiger partial charge < -0.3 is 15.2 Å². The summed E-state index contributed by atoms with van der Waals surface area (Å²) < 4.78 is 6.23. The van der Waals surface area contributed by atoms with Gasteiger partial charge in [-0.15, -0.1) is 0 Å². The average molecular weight is 255 g/mol. The fraction of sp³-hybridized carbons (Fsp3) is 0.545. The number of nitrogens with zero attached hydrogens (tertiary/aromatic N) is 2. The summed E-state index contributed by atoms with van der Waals surface area (Å²) in [4.78, 5) is 22.3. The van der Waals surface area contributed by atoms with Gasteiger partial charge in [0.15, 0.2) is 0 Å². The number of ether oxygens (including phenoxy) is 1. The predicted molar refractivity (Wildman–Crippen MR) is 63.4 cm³/mol. The molecular weight excluding hydrogens is 238 g/mol. The van der Waals surface area contributed by atoms with Crippen molar-refractivity contribution in [3.05, 3.63) is 17.5 Å². The third-order valence-corrected chi connectivity index (χ3v) is 2.47. The van der Waals surface area contributed by atoms with Crippen molar-refractivity contribution in [1.82, 2.24) is 15.1 Å². The molecule has 7 nitrogen and oxygen atoms in total. The Hall–Kier alpha value is -1.89. The van der Waals surface area contributed by atoms with Crippen LogP contribution in [0.3, 0.4) is 0 Å². The number of rotatable bonds is 7. The van der Waals surface area contributed by atoms with Crippen LogP contribution in [0.15, 0.2) is 6.20 Å². The lowest BCUT2D eigenvalue weighted by molar-refractivity contribution is -0.121. The van der Waals surface area contributed by atoms with Gasteiger partial charge in [-0.25, -0.2) is 4.79 Å². The number of aromatic nitrogens is 2. The molecule has 18 heavy (non-hydrogen) atoms. The zero-order chi connectivity index (χ0) is 13.5. The predicted octanol–water partition coefficient (Wildman–Crippen LogP) is 0.0424. The fourth-order valence-electron chi connectivity index (χ4n) is 1.45. The highest BCUT2D eigenvalue weighted by Gasteiger charge is 2.14. The number of carboxylic acids is 1. The van der Waals surface area contributed by atoms with Crippen LogP contribution in [0.4, 0.5) is 0 Å². The molecule has 1 aromatic rings. The van der Waals surface area contributed by atoms with Crippen molar-refractivity contribution in [2.75, 3.05) is 20.3 Å². The molecule has 0 spiro atoms. The van der Waals surface area contributed by atoms with Crippen molar-refractivity contribution in [3.63, 3.8) is 0 Å². The van der Waals surface area contributed by atoms with Gasteiger partial charge in [-0.1, -0.05) is 0 Å². The Labute approximate surface area is 105 Å². The quantitative estimate of drug-likeness (QED) is 0.671. The minimum Gasteiger partial charge on any atom is -0.478 e. The van der Waals surface area contributed by atoms with Crippen LogP contribution in [-0.2, 0) is 16.1 Å². The largest absolute Gasteiger partial charge is 0.478 e. The van der Waals surface area contributed by atoms with E-state index < -0.39 is 5.97 Å². The average Bonchev–Trinajstić information content (AvgIpc) is 2.67. The van der Waals surface area contributed by atoms with Gasteiger partial charge in [0.2, 0.25) is 5.91 Å². The van der Waals surface area contributed by atoms with Crippen molar-refractivity contribution >= 4 is 11.9 Å². The van der Waals surface area contributed by atoms with Crippen molar-refractivity contribution in [1.29, 1.82) is 0 Å². The molecule has 0 saturated heterocycles. The van der Waals surface area contributed by atoms with E-state index in [-0.39, 0.29) is 18.0 Å². The van der Waals surface area contributed by atoms with E-state index in [9.17, 15) is 9.59 Å². The van der Waals surface area contributed by atoms with E-state index in [1.165, 1.54) is 10.9 Å². The fourth-order valence-corrected chi connectivity index (χ4v) is 1.45. The molecule has 7 heteroatoms. The highest BCUT2D eigenvalue weighted by Crippen LogP contribution is 2.06. The molecular formula is C11H17N3O4. The molecule has 2 N–H and O–H groups in total. The highest BCUT2D eigenvalue weighted by atomic mass is 16.5. The van der Waals surface area contributed by atoms with Gasteiger partial charge in [0.25, 0.3) is 0 Å². The number of hydrogen-bond donors (Lipinski definition) is 2. The minimum absolute atomic E-state index is 0.0199. The summed E-state index contributed by atoms with van der Waals surface area (Å²) in [6.45, 7) is 2.75. The second kappa shape index (κ2) is 6.75. The van der Waals surface area contributed by atoms with Gasteiger partial charge in [-0.2, -0.15) is 5.10 Å². The molecule has 0 atom stereocenters. The van der Waals surface area contributed by atoms with E-state index in [0.717, 1.165) is 6.42 Å². The number of hydrogen-bond acceptors (Lipinski definition) is 4. The van der Waals surface area contributed by atoms with Gasteiger partial charge in [-0.05, 0) is 13.3 Å². The van der Waals surface area contributed by atoms with Crippen LogP contribution in [0.1, 0.15) is 22.5 Å². The SMILES string of the molecule is COCCCNC(=O)Cn1ncc(C(=O)O)c1C. The topological polar surface area (TPSA) is 93.5 Å². The van der Waals surface area contributed by atoms with Gasteiger partial charge >= 0.3 is 5.97 Å². The summed E-state index contributed by atoms with van der Waals surface area (Å²) in [7, 11) is 1.60. The first-order valence-electron chi connectivity index (χ1n) is 5.57. The normalized spacial score (nSPS) is 10.3. The molecule has 1 rings (SSSR count). The van der Waals surface area contributed by atoms with E-state index in [2.05, 4.69) is 10.4 Å². The molecule has 0 aliphatic rings. The van der Waals surface area contributed by atoms with Crippen LogP contribution in [0.2, 0.25) is 0 Å². The zero-order valence-electron chi connectivity index (χ0n) is 10.5. The second-order valence-electron chi connectivity index (χ2n) is 3.80. The van der Waals surface area contributed by atoms with Crippen LogP contribution >= 0.6 is 0 Å². The molecule has 100 valence electrons. The maximum Gasteiger partial charge on any atom is 0.339 e. The second-order valence-corrected chi connectivity index (χ2v) is 3.80. The first-order valence-corrected chi connectivity index (χ1v) is 5.57. The zero-order valence-corrected chi connectivity index (χ0v) is 10.5. The maximum absolute atomic E-state index is 11.5. The Balaban J connectivity index is 2.47. The summed E-state index contributed by atoms with van der Waals surface area (Å²) in [5, 5.41) is 15.4. The van der Waals surface area contributed by atoms with E-state index in [0.29, 0.717) is 18.8 Å². The lowest BCUT2D eigenvalue weighted by Crippen LogP contribution is -2.29. The number of carbonyl (C=O) groups excluding carboxylic acids is 1. The van der Waals surface area contributed by atoms with Crippen molar-refractivity contribution in [3.8, 4) is 0 Å². The first-order chi connectivity index (χ1) is 8.56. The third-order valence-electron chi connectivity index (χ3n) is 2.47. The van der Waals surface area contributed by atoms with Crippen LogP contribution in [0.25, 0.3) is 0 Å². The van der Waals surface area contributed by atoms with Gasteiger partial charge in [-0.3, -0.25) is 9.48 Å². The molecule has 0 unspecified atom stereocenters. The summed E-state index contributed by atoms with van der Waals surface area (Å²) in [5.74, 6) is -1.24. The van der Waals surface area contributed by atoms with E-state index in [1.54, 1.807) is 14.0 Å². The molecule has 0 radical (unpaired) electrons. The number of methoxy groups -OCH3 is 1. The Morgan fingerprint density at radius 2 is 2.28 bits per heavy atom. The van der Waals surface area contributed by atoms with Crippen LogP contribution in [0.5, 0.6) is 0 Å². The lowest BCUT2D eigenvalue weighted by Gasteiger charge is -2.06. The number of carbonyl (C=O) groups is 2. The molecule has 1 heterocycles. The molecule has 0 fully saturated rings. The maximum atomic E-state index is 11.5. The number of carboxylic acid groups (broad SMARTS) is 1. The molecule has 0 bridgehead atoms. The molecule has 0 saturated carbocycles. The van der Waals surface area contributed by atoms with Crippen molar-refractivity contribution in [2.24, 2.45) is 0 Å². The molecule has 0 aliphatic heterocycles. The minimum atomic E-state index is -1.04. The standard InChI is InChI=1S/C11H17N3O4/c1-8-9(11(16)17)6-13-14(8)7-10(15)12-4-3-5-18-2/h6H,3-5,7H2,1-2H3,(H,12,15)(H,16,17). The summed E-state index contributed by atoms with van der Waals surface area (Å²) in [5.41, 5.74) is 0.580. The first kappa shape index (κ1) is 14.2. The number of amides is 1. The summed E-state index contributed by atoms with van der Waals surface area (Å²) in [6.07, 6.45) is 1.98. The van der Waals surface area contributed by atoms with Crippen LogP contribution in [-0.4, -0.2) is 47.0 Å². The molecule has 0 aliphatic carbocycles. The summed E-state index contributed by atoms with van der Waals surface area (Å²) in [6, 6.07) is 0. The van der Waals surface area contributed by atoms with E-state index in [1.807, 2.05) is 0 Å². The van der Waals surface area contributed by atoms with Gasteiger partial charge in [0.05, 0.1) is 11.9 Å². The molecule has 1 amide bonds. The number of nitrogens with one attached hydrogen (secondary N) is 1. The van der Waals surface area contributed by atoms with Gasteiger partial charge in [0, 0.05) is 20.3 Å². The third kappa shape index (κ3) is 3.85. The smallest absolute Gasteiger partial charge is 0.339 e. The number of aromatic carboxylic acids is 1. The Bertz CT molecular complexity index is 428. The van der Waals surface area contributed by atoms with Crippen molar-refractivity contribution < 1.29 is 19.4 Å². The monoisotopic (exact) mass is 255 g/mol. The Morgan fingerprint density at radius 3 is 2.83 bits per heavy atom. The van der Waals surface area contributed by atoms with Crippen molar-refractivity contribution in [2.45, 2.75) is 19.9 Å². The van der Waals surface area contributed by atoms with Crippen LogP contribution < -0.4 is 5.32 Å². The van der Waals surface area contributed by atoms with E-state index >= 15 is 0 Å². The molecule has 1 aromatic heterocycles. The lowest BCUT2D eigenvalue weighted by atomic mass is 10.3.